The summed E-state index contributed by atoms with van der Waals surface area (Å²) in [6.07, 6.45) is 5.02. The monoisotopic (exact) mass is 372 g/mol. The van der Waals surface area contributed by atoms with Crippen LogP contribution in [0.2, 0.25) is 5.02 Å². The molecule has 0 aliphatic carbocycles. The van der Waals surface area contributed by atoms with Crippen LogP contribution in [0, 0.1) is 6.92 Å². The van der Waals surface area contributed by atoms with Crippen molar-refractivity contribution in [3.05, 3.63) is 52.0 Å². The van der Waals surface area contributed by atoms with E-state index in [0.29, 0.717) is 16.6 Å². The fraction of sp³-hybridized carbons (Fsp3) is 0.333. The molecule has 1 fully saturated rings. The predicted octanol–water partition coefficient (Wildman–Crippen LogP) is 4.07. The minimum absolute atomic E-state index is 0.0398. The lowest BCUT2D eigenvalue weighted by atomic mass is 9.97. The maximum absolute atomic E-state index is 12.5. The van der Waals surface area contributed by atoms with E-state index in [9.17, 15) is 4.79 Å². The van der Waals surface area contributed by atoms with Gasteiger partial charge < -0.3 is 4.90 Å². The number of hydrogen-bond acceptors (Lipinski definition) is 5. The summed E-state index contributed by atoms with van der Waals surface area (Å²) in [5, 5.41) is 1.85. The average Bonchev–Trinajstić information content (AvgIpc) is 3.05. The first-order valence-corrected chi connectivity index (χ1v) is 9.43. The average molecular weight is 373 g/mol. The van der Waals surface area contributed by atoms with Crippen molar-refractivity contribution < 1.29 is 4.79 Å². The van der Waals surface area contributed by atoms with E-state index in [0.717, 1.165) is 46.8 Å². The molecule has 0 unspecified atom stereocenters. The Balaban J connectivity index is 1.45. The van der Waals surface area contributed by atoms with Crippen LogP contribution in [0.1, 0.15) is 39.9 Å². The number of aryl methyl sites for hydroxylation is 1. The summed E-state index contributed by atoms with van der Waals surface area (Å²) in [6.45, 7) is 3.30. The molecule has 0 atom stereocenters. The zero-order valence-electron chi connectivity index (χ0n) is 13.8. The van der Waals surface area contributed by atoms with E-state index in [1.54, 1.807) is 23.7 Å². The Morgan fingerprint density at radius 1 is 1.24 bits per heavy atom. The number of rotatable bonds is 2. The van der Waals surface area contributed by atoms with Gasteiger partial charge in [0.2, 0.25) is 0 Å². The number of piperidine rings is 1. The molecule has 1 saturated heterocycles. The Morgan fingerprint density at radius 2 is 2.04 bits per heavy atom. The minimum atomic E-state index is -0.0398. The first-order chi connectivity index (χ1) is 12.1. The van der Waals surface area contributed by atoms with Crippen LogP contribution in [-0.2, 0) is 0 Å². The topological polar surface area (TPSA) is 59.0 Å². The Hall–Kier alpha value is -2.05. The quantitative estimate of drug-likeness (QED) is 0.680. The standard InChI is InChI=1S/C18H17ClN4OS/c1-11-9-21-15(10-20-11)18(24)23-6-4-12(5-7-23)17-22-14-8-13(19)2-3-16(14)25-17/h2-3,8-10,12H,4-7H2,1H3. The highest BCUT2D eigenvalue weighted by atomic mass is 35.5. The van der Waals surface area contributed by atoms with Gasteiger partial charge in [-0.15, -0.1) is 11.3 Å². The maximum Gasteiger partial charge on any atom is 0.274 e. The van der Waals surface area contributed by atoms with E-state index < -0.39 is 0 Å². The number of likely N-dealkylation sites (tertiary alicyclic amines) is 1. The number of carbonyl (C=O) groups excluding carboxylic acids is 1. The summed E-state index contributed by atoms with van der Waals surface area (Å²) >= 11 is 7.77. The van der Waals surface area contributed by atoms with Crippen LogP contribution in [0.5, 0.6) is 0 Å². The first-order valence-electron chi connectivity index (χ1n) is 8.24. The Morgan fingerprint density at radius 3 is 2.76 bits per heavy atom. The number of aromatic nitrogens is 3. The number of carbonyl (C=O) groups is 1. The smallest absolute Gasteiger partial charge is 0.274 e. The van der Waals surface area contributed by atoms with Gasteiger partial charge in [-0.2, -0.15) is 0 Å². The van der Waals surface area contributed by atoms with Crippen LogP contribution in [0.3, 0.4) is 0 Å². The number of hydrogen-bond donors (Lipinski definition) is 0. The van der Waals surface area contributed by atoms with Crippen molar-refractivity contribution in [1.29, 1.82) is 0 Å². The SMILES string of the molecule is Cc1cnc(C(=O)N2CCC(c3nc4cc(Cl)ccc4s3)CC2)cn1. The Labute approximate surface area is 154 Å². The van der Waals surface area contributed by atoms with Crippen LogP contribution in [0.4, 0.5) is 0 Å². The van der Waals surface area contributed by atoms with Crippen molar-refractivity contribution in [2.75, 3.05) is 13.1 Å². The molecule has 1 aromatic carbocycles. The van der Waals surface area contributed by atoms with E-state index in [2.05, 4.69) is 9.97 Å². The van der Waals surface area contributed by atoms with Gasteiger partial charge in [0, 0.05) is 30.2 Å². The molecule has 1 amide bonds. The van der Waals surface area contributed by atoms with Crippen molar-refractivity contribution in [2.24, 2.45) is 0 Å². The van der Waals surface area contributed by atoms with Gasteiger partial charge >= 0.3 is 0 Å². The molecule has 0 spiro atoms. The summed E-state index contributed by atoms with van der Waals surface area (Å²) in [4.78, 5) is 27.5. The lowest BCUT2D eigenvalue weighted by Gasteiger charge is -2.30. The van der Waals surface area contributed by atoms with Crippen molar-refractivity contribution >= 4 is 39.1 Å². The third-order valence-corrected chi connectivity index (χ3v) is 5.93. The van der Waals surface area contributed by atoms with E-state index in [1.807, 2.05) is 30.0 Å². The number of amides is 1. The summed E-state index contributed by atoms with van der Waals surface area (Å²) in [6, 6.07) is 5.83. The van der Waals surface area contributed by atoms with Gasteiger partial charge in [0.05, 0.1) is 27.1 Å². The predicted molar refractivity (Wildman–Crippen MR) is 99.3 cm³/mol. The van der Waals surface area contributed by atoms with E-state index in [4.69, 9.17) is 16.6 Å². The molecule has 2 aromatic heterocycles. The highest BCUT2D eigenvalue weighted by Gasteiger charge is 2.27. The lowest BCUT2D eigenvalue weighted by molar-refractivity contribution is 0.0706. The second-order valence-electron chi connectivity index (χ2n) is 6.27. The molecule has 3 aromatic rings. The molecule has 0 radical (unpaired) electrons. The van der Waals surface area contributed by atoms with E-state index in [1.165, 1.54) is 0 Å². The van der Waals surface area contributed by atoms with E-state index >= 15 is 0 Å². The Kier molecular flexibility index (Phi) is 4.39. The molecule has 7 heteroatoms. The summed E-state index contributed by atoms with van der Waals surface area (Å²) < 4.78 is 1.16. The fourth-order valence-electron chi connectivity index (χ4n) is 3.09. The zero-order chi connectivity index (χ0) is 17.4. The van der Waals surface area contributed by atoms with Gasteiger partial charge in [0.1, 0.15) is 5.69 Å². The van der Waals surface area contributed by atoms with Crippen LogP contribution in [0.15, 0.2) is 30.6 Å². The Bertz CT molecular complexity index is 916. The zero-order valence-corrected chi connectivity index (χ0v) is 15.3. The van der Waals surface area contributed by atoms with E-state index in [-0.39, 0.29) is 5.91 Å². The minimum Gasteiger partial charge on any atom is -0.337 e. The highest BCUT2D eigenvalue weighted by molar-refractivity contribution is 7.18. The molecule has 3 heterocycles. The number of thiazole rings is 1. The second-order valence-corrected chi connectivity index (χ2v) is 7.77. The van der Waals surface area contributed by atoms with Crippen LogP contribution in [-0.4, -0.2) is 38.8 Å². The summed E-state index contributed by atoms with van der Waals surface area (Å²) in [5.41, 5.74) is 2.19. The van der Waals surface area contributed by atoms with Gasteiger partial charge in [-0.05, 0) is 38.0 Å². The largest absolute Gasteiger partial charge is 0.337 e. The van der Waals surface area contributed by atoms with Gasteiger partial charge in [-0.3, -0.25) is 9.78 Å². The molecule has 25 heavy (non-hydrogen) atoms. The number of fused-ring (bicyclic) bond motifs is 1. The summed E-state index contributed by atoms with van der Waals surface area (Å²) in [7, 11) is 0. The van der Waals surface area contributed by atoms with Gasteiger partial charge in [-0.1, -0.05) is 11.6 Å². The first kappa shape index (κ1) is 16.4. The molecule has 5 nitrogen and oxygen atoms in total. The maximum atomic E-state index is 12.5. The van der Waals surface area contributed by atoms with Crippen molar-refractivity contribution in [2.45, 2.75) is 25.7 Å². The molecule has 0 saturated carbocycles. The molecular formula is C18H17ClN4OS. The van der Waals surface area contributed by atoms with Crippen LogP contribution < -0.4 is 0 Å². The third kappa shape index (κ3) is 3.37. The molecule has 1 aliphatic heterocycles. The molecule has 0 N–H and O–H groups in total. The fourth-order valence-corrected chi connectivity index (χ4v) is 4.37. The lowest BCUT2D eigenvalue weighted by Crippen LogP contribution is -2.38. The van der Waals surface area contributed by atoms with Crippen molar-refractivity contribution in [3.63, 3.8) is 0 Å². The molecule has 4 rings (SSSR count). The van der Waals surface area contributed by atoms with Gasteiger partial charge in [0.25, 0.3) is 5.91 Å². The number of nitrogens with zero attached hydrogens (tertiary/aromatic N) is 4. The molecule has 0 bridgehead atoms. The van der Waals surface area contributed by atoms with Crippen LogP contribution >= 0.6 is 22.9 Å². The van der Waals surface area contributed by atoms with Crippen molar-refractivity contribution in [1.82, 2.24) is 19.9 Å². The van der Waals surface area contributed by atoms with Crippen molar-refractivity contribution in [3.8, 4) is 0 Å². The normalized spacial score (nSPS) is 15.7. The molecule has 1 aliphatic rings. The summed E-state index contributed by atoms with van der Waals surface area (Å²) in [5.74, 6) is 0.353. The van der Waals surface area contributed by atoms with Gasteiger partial charge in [0.15, 0.2) is 0 Å². The second kappa shape index (κ2) is 6.69. The number of benzene rings is 1. The molecular weight excluding hydrogens is 356 g/mol. The highest BCUT2D eigenvalue weighted by Crippen LogP contribution is 2.34. The molecule has 128 valence electrons. The van der Waals surface area contributed by atoms with Gasteiger partial charge in [-0.25, -0.2) is 9.97 Å². The number of halogens is 1. The van der Waals surface area contributed by atoms with Crippen LogP contribution in [0.25, 0.3) is 10.2 Å². The third-order valence-electron chi connectivity index (χ3n) is 4.50.